The smallest absolute Gasteiger partial charge is 0.176 e. The van der Waals surface area contributed by atoms with Crippen LogP contribution in [0.5, 0.6) is 0 Å². The molecule has 0 aromatic carbocycles. The van der Waals surface area contributed by atoms with Crippen LogP contribution in [0.25, 0.3) is 0 Å². The number of hydrogen-bond acceptors (Lipinski definition) is 2. The second kappa shape index (κ2) is 3.42. The topological polar surface area (TPSA) is 17.1 Å². The molecule has 3 heteroatoms. The van der Waals surface area contributed by atoms with E-state index in [0.717, 1.165) is 20.5 Å². The van der Waals surface area contributed by atoms with E-state index in [-0.39, 0.29) is 0 Å². The summed E-state index contributed by atoms with van der Waals surface area (Å²) >= 11 is 5.08. The van der Waals surface area contributed by atoms with Crippen molar-refractivity contribution in [3.8, 4) is 0 Å². The Kier molecular flexibility index (Phi) is 2.29. The molecule has 0 saturated heterocycles. The molecule has 2 aliphatic rings. The van der Waals surface area contributed by atoms with E-state index < -0.39 is 0 Å². The SMILES string of the molecule is Cc1cc(C(=O)C2C3CCCC32)sc1Br. The van der Waals surface area contributed by atoms with E-state index in [1.165, 1.54) is 24.8 Å². The van der Waals surface area contributed by atoms with Gasteiger partial charge in [0.25, 0.3) is 0 Å². The van der Waals surface area contributed by atoms with Crippen molar-refractivity contribution >= 4 is 33.0 Å². The van der Waals surface area contributed by atoms with Crippen LogP contribution < -0.4 is 0 Å². The average Bonchev–Trinajstić information content (AvgIpc) is 2.59. The van der Waals surface area contributed by atoms with Crippen molar-refractivity contribution in [2.45, 2.75) is 26.2 Å². The predicted molar refractivity (Wildman–Crippen MR) is 65.4 cm³/mol. The predicted octanol–water partition coefficient (Wildman–Crippen LogP) is 4.05. The van der Waals surface area contributed by atoms with Gasteiger partial charge in [-0.15, -0.1) is 11.3 Å². The molecule has 0 amide bonds. The zero-order valence-electron chi connectivity index (χ0n) is 8.63. The minimum Gasteiger partial charge on any atom is -0.293 e. The van der Waals surface area contributed by atoms with Gasteiger partial charge in [-0.05, 0) is 59.2 Å². The fraction of sp³-hybridized carbons (Fsp3) is 0.583. The Balaban J connectivity index is 1.81. The van der Waals surface area contributed by atoms with Gasteiger partial charge in [-0.3, -0.25) is 4.79 Å². The van der Waals surface area contributed by atoms with Crippen LogP contribution in [0.3, 0.4) is 0 Å². The van der Waals surface area contributed by atoms with Crippen LogP contribution in [0.4, 0.5) is 0 Å². The first-order chi connectivity index (χ1) is 7.18. The van der Waals surface area contributed by atoms with Gasteiger partial charge in [-0.1, -0.05) is 6.42 Å². The van der Waals surface area contributed by atoms with Gasteiger partial charge in [0.1, 0.15) is 0 Å². The van der Waals surface area contributed by atoms with E-state index >= 15 is 0 Å². The highest BCUT2D eigenvalue weighted by Gasteiger charge is 2.56. The van der Waals surface area contributed by atoms with Crippen LogP contribution in [0.2, 0.25) is 0 Å². The lowest BCUT2D eigenvalue weighted by Crippen LogP contribution is -2.03. The molecule has 2 fully saturated rings. The van der Waals surface area contributed by atoms with Gasteiger partial charge in [0, 0.05) is 5.92 Å². The second-order valence-corrected chi connectivity index (χ2v) is 7.09. The van der Waals surface area contributed by atoms with E-state index in [4.69, 9.17) is 0 Å². The van der Waals surface area contributed by atoms with Gasteiger partial charge >= 0.3 is 0 Å². The third-order valence-electron chi connectivity index (χ3n) is 3.81. The van der Waals surface area contributed by atoms with Crippen LogP contribution in [0, 0.1) is 24.7 Å². The van der Waals surface area contributed by atoms with Crippen molar-refractivity contribution in [3.05, 3.63) is 20.3 Å². The molecule has 0 bridgehead atoms. The van der Waals surface area contributed by atoms with E-state index in [2.05, 4.69) is 15.9 Å². The van der Waals surface area contributed by atoms with Crippen molar-refractivity contribution < 1.29 is 4.79 Å². The Bertz CT molecular complexity index is 394. The summed E-state index contributed by atoms with van der Waals surface area (Å²) in [5.74, 6) is 2.25. The largest absolute Gasteiger partial charge is 0.293 e. The maximum Gasteiger partial charge on any atom is 0.176 e. The van der Waals surface area contributed by atoms with E-state index in [1.807, 2.05) is 13.0 Å². The van der Waals surface area contributed by atoms with Gasteiger partial charge in [0.15, 0.2) is 5.78 Å². The van der Waals surface area contributed by atoms with Crippen molar-refractivity contribution in [1.29, 1.82) is 0 Å². The third kappa shape index (κ3) is 1.51. The summed E-state index contributed by atoms with van der Waals surface area (Å²) < 4.78 is 1.11. The number of hydrogen-bond donors (Lipinski definition) is 0. The molecular formula is C12H13BrOS. The maximum atomic E-state index is 12.2. The monoisotopic (exact) mass is 284 g/mol. The minimum atomic E-state index is 0.378. The van der Waals surface area contributed by atoms with Crippen molar-refractivity contribution in [2.24, 2.45) is 17.8 Å². The number of carbonyl (C=O) groups is 1. The number of Topliss-reactive ketones (excluding diaryl/α,β-unsaturated/α-hetero) is 1. The normalized spacial score (nSPS) is 32.8. The minimum absolute atomic E-state index is 0.378. The van der Waals surface area contributed by atoms with E-state index in [1.54, 1.807) is 11.3 Å². The molecule has 80 valence electrons. The molecule has 0 N–H and O–H groups in total. The number of aryl methyl sites for hydroxylation is 1. The maximum absolute atomic E-state index is 12.2. The summed E-state index contributed by atoms with van der Waals surface area (Å²) in [5, 5.41) is 0. The standard InChI is InChI=1S/C12H13BrOS/c1-6-5-9(15-12(6)13)11(14)10-7-3-2-4-8(7)10/h5,7-8,10H,2-4H2,1H3. The fourth-order valence-electron chi connectivity index (χ4n) is 2.96. The summed E-state index contributed by atoms with van der Waals surface area (Å²) in [6.45, 7) is 2.05. The quantitative estimate of drug-likeness (QED) is 0.749. The molecule has 2 unspecified atom stereocenters. The highest BCUT2D eigenvalue weighted by Crippen LogP contribution is 2.58. The van der Waals surface area contributed by atoms with Gasteiger partial charge in [0.2, 0.25) is 0 Å². The summed E-state index contributed by atoms with van der Waals surface area (Å²) in [7, 11) is 0. The molecule has 1 heterocycles. The van der Waals surface area contributed by atoms with Crippen molar-refractivity contribution in [1.82, 2.24) is 0 Å². The molecule has 1 nitrogen and oxygen atoms in total. The lowest BCUT2D eigenvalue weighted by atomic mass is 10.1. The number of ketones is 1. The molecule has 0 aliphatic heterocycles. The molecule has 1 aromatic rings. The zero-order valence-corrected chi connectivity index (χ0v) is 11.0. The first-order valence-electron chi connectivity index (χ1n) is 5.48. The number of fused-ring (bicyclic) bond motifs is 1. The van der Waals surface area contributed by atoms with Crippen LogP contribution >= 0.6 is 27.3 Å². The second-order valence-electron chi connectivity index (χ2n) is 4.72. The van der Waals surface area contributed by atoms with Crippen LogP contribution in [-0.2, 0) is 0 Å². The summed E-state index contributed by atoms with van der Waals surface area (Å²) in [5.41, 5.74) is 1.19. The van der Waals surface area contributed by atoms with E-state index in [9.17, 15) is 4.79 Å². The summed E-state index contributed by atoms with van der Waals surface area (Å²) in [6, 6.07) is 2.03. The Morgan fingerprint density at radius 2 is 2.13 bits per heavy atom. The molecular weight excluding hydrogens is 272 g/mol. The van der Waals surface area contributed by atoms with Gasteiger partial charge < -0.3 is 0 Å². The molecule has 2 aliphatic carbocycles. The number of carbonyl (C=O) groups excluding carboxylic acids is 1. The molecule has 15 heavy (non-hydrogen) atoms. The summed E-state index contributed by atoms with van der Waals surface area (Å²) in [4.78, 5) is 13.1. The van der Waals surface area contributed by atoms with Gasteiger partial charge in [-0.2, -0.15) is 0 Å². The lowest BCUT2D eigenvalue weighted by molar-refractivity contribution is 0.0955. The van der Waals surface area contributed by atoms with Gasteiger partial charge in [0.05, 0.1) is 8.66 Å². The molecule has 0 spiro atoms. The third-order valence-corrected chi connectivity index (χ3v) is 5.96. The summed E-state index contributed by atoms with van der Waals surface area (Å²) in [6.07, 6.45) is 3.91. The van der Waals surface area contributed by atoms with Crippen LogP contribution in [-0.4, -0.2) is 5.78 Å². The van der Waals surface area contributed by atoms with Crippen molar-refractivity contribution in [2.75, 3.05) is 0 Å². The first kappa shape index (κ1) is 10.0. The molecule has 0 radical (unpaired) electrons. The van der Waals surface area contributed by atoms with Crippen LogP contribution in [0.15, 0.2) is 9.85 Å². The molecule has 1 aromatic heterocycles. The highest BCUT2D eigenvalue weighted by molar-refractivity contribution is 9.11. The number of thiophene rings is 1. The lowest BCUT2D eigenvalue weighted by Gasteiger charge is -1.99. The van der Waals surface area contributed by atoms with Gasteiger partial charge in [-0.25, -0.2) is 0 Å². The fourth-order valence-corrected chi connectivity index (χ4v) is 4.48. The molecule has 2 saturated carbocycles. The molecule has 3 rings (SSSR count). The average molecular weight is 285 g/mol. The first-order valence-corrected chi connectivity index (χ1v) is 7.09. The Morgan fingerprint density at radius 1 is 1.47 bits per heavy atom. The highest BCUT2D eigenvalue weighted by atomic mass is 79.9. The Hall–Kier alpha value is -0.150. The van der Waals surface area contributed by atoms with E-state index in [0.29, 0.717) is 11.7 Å². The Morgan fingerprint density at radius 3 is 2.67 bits per heavy atom. The van der Waals surface area contributed by atoms with Crippen molar-refractivity contribution in [3.63, 3.8) is 0 Å². The Labute approximate surface area is 102 Å². The number of rotatable bonds is 2. The number of halogens is 1. The zero-order chi connectivity index (χ0) is 10.6. The molecule has 2 atom stereocenters. The van der Waals surface area contributed by atoms with Crippen LogP contribution in [0.1, 0.15) is 34.5 Å².